The number of fused-ring (bicyclic) bond motifs is 1. The molecule has 2 saturated heterocycles. The average Bonchev–Trinajstić information content (AvgIpc) is 2.95. The summed E-state index contributed by atoms with van der Waals surface area (Å²) in [6.45, 7) is 6.40. The van der Waals surface area contributed by atoms with Crippen molar-refractivity contribution >= 4 is 5.91 Å². The first-order valence-electron chi connectivity index (χ1n) is 6.87. The predicted octanol–water partition coefficient (Wildman–Crippen LogP) is 1.93. The lowest BCUT2D eigenvalue weighted by Gasteiger charge is -2.26. The molecule has 3 nitrogen and oxygen atoms in total. The van der Waals surface area contributed by atoms with Gasteiger partial charge in [-0.1, -0.05) is 36.9 Å². The summed E-state index contributed by atoms with van der Waals surface area (Å²) in [6, 6.07) is 11.1. The minimum Gasteiger partial charge on any atom is -0.338 e. The van der Waals surface area contributed by atoms with E-state index in [4.69, 9.17) is 0 Å². The van der Waals surface area contributed by atoms with Crippen LogP contribution in [-0.2, 0) is 4.79 Å². The molecule has 1 aromatic carbocycles. The van der Waals surface area contributed by atoms with E-state index in [1.807, 2.05) is 4.90 Å². The van der Waals surface area contributed by atoms with Gasteiger partial charge in [0.15, 0.2) is 0 Å². The quantitative estimate of drug-likeness (QED) is 0.755. The molecule has 0 bridgehead atoms. The third-order valence-electron chi connectivity index (χ3n) is 4.52. The number of carbonyl (C=O) groups excluding carboxylic acids is 1. The molecule has 2 fully saturated rings. The van der Waals surface area contributed by atoms with Crippen LogP contribution in [0.3, 0.4) is 0 Å². The maximum atomic E-state index is 11.8. The van der Waals surface area contributed by atoms with E-state index >= 15 is 0 Å². The van der Waals surface area contributed by atoms with Crippen LogP contribution in [-0.4, -0.2) is 42.4 Å². The van der Waals surface area contributed by atoms with E-state index in [2.05, 4.69) is 48.9 Å². The molecule has 3 atom stereocenters. The first kappa shape index (κ1) is 12.4. The first-order chi connectivity index (χ1) is 9.20. The maximum Gasteiger partial charge on any atom is 0.245 e. The van der Waals surface area contributed by atoms with Crippen molar-refractivity contribution < 1.29 is 4.79 Å². The lowest BCUT2D eigenvalue weighted by atomic mass is 9.90. The van der Waals surface area contributed by atoms with Gasteiger partial charge in [-0.15, -0.1) is 0 Å². The number of hydrogen-bond acceptors (Lipinski definition) is 2. The Morgan fingerprint density at radius 1 is 1.26 bits per heavy atom. The third-order valence-corrected chi connectivity index (χ3v) is 4.52. The lowest BCUT2D eigenvalue weighted by Crippen LogP contribution is -2.32. The van der Waals surface area contributed by atoms with Gasteiger partial charge in [0.25, 0.3) is 0 Å². The molecule has 0 N–H and O–H groups in total. The third kappa shape index (κ3) is 2.08. The van der Waals surface area contributed by atoms with Gasteiger partial charge in [-0.2, -0.15) is 0 Å². The molecule has 3 unspecified atom stereocenters. The van der Waals surface area contributed by atoms with E-state index < -0.39 is 0 Å². The number of amides is 1. The molecule has 2 aliphatic heterocycles. The number of nitrogens with zero attached hydrogens (tertiary/aromatic N) is 2. The molecule has 1 aromatic rings. The minimum atomic E-state index is 0.0730. The van der Waals surface area contributed by atoms with Gasteiger partial charge in [0.05, 0.1) is 0 Å². The fraction of sp³-hybridized carbons (Fsp3) is 0.438. The number of rotatable bonds is 2. The van der Waals surface area contributed by atoms with Crippen molar-refractivity contribution in [2.75, 3.05) is 26.7 Å². The molecule has 0 radical (unpaired) electrons. The van der Waals surface area contributed by atoms with E-state index in [-0.39, 0.29) is 5.91 Å². The van der Waals surface area contributed by atoms with E-state index in [1.165, 1.54) is 11.6 Å². The van der Waals surface area contributed by atoms with Crippen molar-refractivity contribution in [2.24, 2.45) is 11.8 Å². The summed E-state index contributed by atoms with van der Waals surface area (Å²) in [5, 5.41) is 0. The lowest BCUT2D eigenvalue weighted by molar-refractivity contribution is -0.125. The molecule has 0 spiro atoms. The molecule has 3 heteroatoms. The van der Waals surface area contributed by atoms with Crippen molar-refractivity contribution in [3.8, 4) is 0 Å². The molecule has 100 valence electrons. The highest BCUT2D eigenvalue weighted by Gasteiger charge is 2.46. The van der Waals surface area contributed by atoms with Crippen molar-refractivity contribution in [1.82, 2.24) is 9.80 Å². The molecule has 0 aliphatic carbocycles. The largest absolute Gasteiger partial charge is 0.338 e. The van der Waals surface area contributed by atoms with Crippen LogP contribution in [0.15, 0.2) is 43.0 Å². The van der Waals surface area contributed by atoms with Crippen molar-refractivity contribution in [1.29, 1.82) is 0 Å². The Labute approximate surface area is 114 Å². The smallest absolute Gasteiger partial charge is 0.245 e. The molecule has 0 saturated carbocycles. The second kappa shape index (κ2) is 4.82. The Morgan fingerprint density at radius 3 is 2.68 bits per heavy atom. The summed E-state index contributed by atoms with van der Waals surface area (Å²) >= 11 is 0. The second-order valence-electron chi connectivity index (χ2n) is 5.67. The molecular formula is C16H20N2O. The van der Waals surface area contributed by atoms with Gasteiger partial charge in [0.2, 0.25) is 5.91 Å². The fourth-order valence-corrected chi connectivity index (χ4v) is 3.72. The number of hydrogen-bond donors (Lipinski definition) is 0. The Morgan fingerprint density at radius 2 is 2.00 bits per heavy atom. The van der Waals surface area contributed by atoms with E-state index in [0.29, 0.717) is 17.9 Å². The van der Waals surface area contributed by atoms with Crippen LogP contribution >= 0.6 is 0 Å². The first-order valence-corrected chi connectivity index (χ1v) is 6.87. The Kier molecular flexibility index (Phi) is 3.15. The zero-order valence-corrected chi connectivity index (χ0v) is 11.3. The topological polar surface area (TPSA) is 23.6 Å². The standard InChI is InChI=1S/C16H20N2O/c1-3-15(19)18-10-13-9-17(2)16(14(13)11-18)12-7-5-4-6-8-12/h3-8,13-14,16H,1,9-11H2,2H3. The predicted molar refractivity (Wildman–Crippen MR) is 75.6 cm³/mol. The SMILES string of the molecule is C=CC(=O)N1CC2CN(C)C(c3ccccc3)C2C1. The van der Waals surface area contributed by atoms with Gasteiger partial charge in [0, 0.05) is 31.6 Å². The highest BCUT2D eigenvalue weighted by Crippen LogP contribution is 2.43. The van der Waals surface area contributed by atoms with Crippen LogP contribution in [0.1, 0.15) is 11.6 Å². The van der Waals surface area contributed by atoms with Crippen molar-refractivity contribution in [2.45, 2.75) is 6.04 Å². The minimum absolute atomic E-state index is 0.0730. The normalized spacial score (nSPS) is 30.4. The monoisotopic (exact) mass is 256 g/mol. The summed E-state index contributed by atoms with van der Waals surface area (Å²) in [5.41, 5.74) is 1.37. The highest BCUT2D eigenvalue weighted by atomic mass is 16.2. The zero-order chi connectivity index (χ0) is 13.4. The van der Waals surface area contributed by atoms with Crippen molar-refractivity contribution in [3.63, 3.8) is 0 Å². The van der Waals surface area contributed by atoms with Crippen LogP contribution in [0, 0.1) is 11.8 Å². The Bertz CT molecular complexity index is 485. The number of likely N-dealkylation sites (tertiary alicyclic amines) is 2. The van der Waals surface area contributed by atoms with Crippen LogP contribution in [0.25, 0.3) is 0 Å². The van der Waals surface area contributed by atoms with Gasteiger partial charge in [0.1, 0.15) is 0 Å². The van der Waals surface area contributed by atoms with Gasteiger partial charge in [-0.05, 0) is 24.6 Å². The van der Waals surface area contributed by atoms with Gasteiger partial charge in [-0.25, -0.2) is 0 Å². The van der Waals surface area contributed by atoms with E-state index in [9.17, 15) is 4.79 Å². The number of benzene rings is 1. The molecule has 2 heterocycles. The fourth-order valence-electron chi connectivity index (χ4n) is 3.72. The molecular weight excluding hydrogens is 236 g/mol. The summed E-state index contributed by atoms with van der Waals surface area (Å²) in [4.78, 5) is 16.1. The van der Waals surface area contributed by atoms with Crippen LogP contribution in [0.2, 0.25) is 0 Å². The highest BCUT2D eigenvalue weighted by molar-refractivity contribution is 5.87. The number of carbonyl (C=O) groups is 1. The van der Waals surface area contributed by atoms with Crippen LogP contribution < -0.4 is 0 Å². The molecule has 2 aliphatic rings. The Hall–Kier alpha value is -1.61. The summed E-state index contributed by atoms with van der Waals surface area (Å²) in [7, 11) is 2.19. The molecule has 0 aromatic heterocycles. The molecule has 3 rings (SSSR count). The zero-order valence-electron chi connectivity index (χ0n) is 11.3. The maximum absolute atomic E-state index is 11.8. The van der Waals surface area contributed by atoms with Gasteiger partial charge in [-0.3, -0.25) is 9.69 Å². The average molecular weight is 256 g/mol. The Balaban J connectivity index is 1.83. The molecule has 19 heavy (non-hydrogen) atoms. The van der Waals surface area contributed by atoms with Crippen LogP contribution in [0.4, 0.5) is 0 Å². The van der Waals surface area contributed by atoms with E-state index in [0.717, 1.165) is 19.6 Å². The van der Waals surface area contributed by atoms with Crippen molar-refractivity contribution in [3.05, 3.63) is 48.6 Å². The summed E-state index contributed by atoms with van der Waals surface area (Å²) in [6.07, 6.45) is 1.43. The van der Waals surface area contributed by atoms with Crippen LogP contribution in [0.5, 0.6) is 0 Å². The summed E-state index contributed by atoms with van der Waals surface area (Å²) < 4.78 is 0. The van der Waals surface area contributed by atoms with Gasteiger partial charge < -0.3 is 4.90 Å². The summed E-state index contributed by atoms with van der Waals surface area (Å²) in [5.74, 6) is 1.22. The molecule has 1 amide bonds. The van der Waals surface area contributed by atoms with Gasteiger partial charge >= 0.3 is 0 Å². The van der Waals surface area contributed by atoms with E-state index in [1.54, 1.807) is 0 Å². The second-order valence-corrected chi connectivity index (χ2v) is 5.67.